The third kappa shape index (κ3) is 3.73. The van der Waals surface area contributed by atoms with Gasteiger partial charge in [0.15, 0.2) is 0 Å². The zero-order valence-electron chi connectivity index (χ0n) is 13.9. The zero-order valence-corrected chi connectivity index (χ0v) is 13.9. The molecule has 0 saturated carbocycles. The summed E-state index contributed by atoms with van der Waals surface area (Å²) in [5.41, 5.74) is 12.2. The van der Waals surface area contributed by atoms with Gasteiger partial charge < -0.3 is 5.73 Å². The van der Waals surface area contributed by atoms with Crippen LogP contribution in [0.2, 0.25) is 0 Å². The number of nitrogens with two attached hydrogens (primary N) is 1. The average Bonchev–Trinajstić information content (AvgIpc) is 2.67. The Morgan fingerprint density at radius 3 is 2.24 bits per heavy atom. The lowest BCUT2D eigenvalue weighted by Crippen LogP contribution is -2.18. The number of benzene rings is 1. The Hall–Kier alpha value is -1.61. The molecule has 21 heavy (non-hydrogen) atoms. The molecule has 0 amide bonds. The molecule has 3 heteroatoms. The van der Waals surface area contributed by atoms with Gasteiger partial charge in [0.2, 0.25) is 0 Å². The molecular formula is C18H27N3. The van der Waals surface area contributed by atoms with E-state index in [1.807, 2.05) is 6.92 Å². The van der Waals surface area contributed by atoms with Gasteiger partial charge in [-0.2, -0.15) is 5.10 Å². The van der Waals surface area contributed by atoms with Crippen LogP contribution in [0.1, 0.15) is 54.8 Å². The molecule has 0 aliphatic heterocycles. The van der Waals surface area contributed by atoms with Gasteiger partial charge in [-0.15, -0.1) is 0 Å². The lowest BCUT2D eigenvalue weighted by molar-refractivity contribution is 0.655. The molecule has 2 N–H and O–H groups in total. The molecule has 2 aromatic rings. The summed E-state index contributed by atoms with van der Waals surface area (Å²) >= 11 is 0. The van der Waals surface area contributed by atoms with Gasteiger partial charge in [0.05, 0.1) is 12.2 Å². The van der Waals surface area contributed by atoms with Crippen LogP contribution in [0.3, 0.4) is 0 Å². The van der Waals surface area contributed by atoms with Crippen molar-refractivity contribution >= 4 is 0 Å². The second-order valence-corrected chi connectivity index (χ2v) is 6.38. The molecule has 1 atom stereocenters. The summed E-state index contributed by atoms with van der Waals surface area (Å²) in [5, 5.41) is 4.68. The van der Waals surface area contributed by atoms with Crippen molar-refractivity contribution in [3.8, 4) is 0 Å². The largest absolute Gasteiger partial charge is 0.328 e. The van der Waals surface area contributed by atoms with Crippen molar-refractivity contribution in [2.45, 2.75) is 59.5 Å². The van der Waals surface area contributed by atoms with Gasteiger partial charge >= 0.3 is 0 Å². The van der Waals surface area contributed by atoms with Crippen LogP contribution in [0.4, 0.5) is 0 Å². The highest BCUT2D eigenvalue weighted by atomic mass is 15.3. The molecule has 1 aromatic heterocycles. The summed E-state index contributed by atoms with van der Waals surface area (Å²) in [6, 6.07) is 9.02. The second kappa shape index (κ2) is 6.44. The monoisotopic (exact) mass is 285 g/mol. The van der Waals surface area contributed by atoms with E-state index in [0.29, 0.717) is 5.92 Å². The number of aromatic nitrogens is 2. The van der Waals surface area contributed by atoms with Crippen LogP contribution >= 0.6 is 0 Å². The van der Waals surface area contributed by atoms with Crippen LogP contribution < -0.4 is 5.73 Å². The van der Waals surface area contributed by atoms with Crippen molar-refractivity contribution in [2.75, 3.05) is 0 Å². The predicted molar refractivity (Wildman–Crippen MR) is 88.7 cm³/mol. The van der Waals surface area contributed by atoms with Crippen LogP contribution in [-0.4, -0.2) is 15.8 Å². The second-order valence-electron chi connectivity index (χ2n) is 6.38. The Kier molecular flexibility index (Phi) is 4.84. The standard InChI is InChI=1S/C18H27N3/c1-12(2)17-8-6-16(7-9-17)11-21-15(5)18(10-13(3)19)14(4)20-21/h6-9,12-13H,10-11,19H2,1-5H3. The van der Waals surface area contributed by atoms with Crippen LogP contribution in [0, 0.1) is 13.8 Å². The molecule has 114 valence electrons. The first-order chi connectivity index (χ1) is 9.88. The summed E-state index contributed by atoms with van der Waals surface area (Å²) in [6.45, 7) is 11.5. The SMILES string of the molecule is Cc1nn(Cc2ccc(C(C)C)cc2)c(C)c1CC(C)N. The average molecular weight is 285 g/mol. The fourth-order valence-electron chi connectivity index (χ4n) is 2.69. The highest BCUT2D eigenvalue weighted by Crippen LogP contribution is 2.18. The summed E-state index contributed by atoms with van der Waals surface area (Å²) in [7, 11) is 0. The molecule has 0 bridgehead atoms. The minimum absolute atomic E-state index is 0.172. The maximum absolute atomic E-state index is 5.93. The number of hydrogen-bond donors (Lipinski definition) is 1. The third-order valence-electron chi connectivity index (χ3n) is 4.04. The van der Waals surface area contributed by atoms with Gasteiger partial charge in [0, 0.05) is 11.7 Å². The molecule has 0 aliphatic rings. The van der Waals surface area contributed by atoms with E-state index >= 15 is 0 Å². The summed E-state index contributed by atoms with van der Waals surface area (Å²) in [4.78, 5) is 0. The zero-order chi connectivity index (χ0) is 15.6. The summed E-state index contributed by atoms with van der Waals surface area (Å²) in [6.07, 6.45) is 0.893. The summed E-state index contributed by atoms with van der Waals surface area (Å²) < 4.78 is 2.09. The molecule has 0 aliphatic carbocycles. The van der Waals surface area contributed by atoms with E-state index in [1.54, 1.807) is 0 Å². The van der Waals surface area contributed by atoms with E-state index in [-0.39, 0.29) is 6.04 Å². The van der Waals surface area contributed by atoms with Crippen LogP contribution in [0.15, 0.2) is 24.3 Å². The minimum Gasteiger partial charge on any atom is -0.328 e. The third-order valence-corrected chi connectivity index (χ3v) is 4.04. The van der Waals surface area contributed by atoms with Crippen molar-refractivity contribution in [1.29, 1.82) is 0 Å². The molecule has 3 nitrogen and oxygen atoms in total. The number of nitrogens with zero attached hydrogens (tertiary/aromatic N) is 2. The van der Waals surface area contributed by atoms with E-state index in [1.165, 1.54) is 22.4 Å². The highest BCUT2D eigenvalue weighted by molar-refractivity contribution is 5.28. The van der Waals surface area contributed by atoms with Gasteiger partial charge in [-0.1, -0.05) is 38.1 Å². The van der Waals surface area contributed by atoms with E-state index in [0.717, 1.165) is 18.7 Å². The molecule has 1 unspecified atom stereocenters. The van der Waals surface area contributed by atoms with Gasteiger partial charge in [-0.05, 0) is 49.8 Å². The highest BCUT2D eigenvalue weighted by Gasteiger charge is 2.13. The van der Waals surface area contributed by atoms with E-state index in [2.05, 4.69) is 61.7 Å². The Labute approximate surface area is 128 Å². The first-order valence-electron chi connectivity index (χ1n) is 7.75. The maximum Gasteiger partial charge on any atom is 0.0662 e. The topological polar surface area (TPSA) is 43.8 Å². The first-order valence-corrected chi connectivity index (χ1v) is 7.75. The van der Waals surface area contributed by atoms with Crippen LogP contribution in [0.5, 0.6) is 0 Å². The molecule has 0 fully saturated rings. The predicted octanol–water partition coefficient (Wildman–Crippen LogP) is 3.56. The van der Waals surface area contributed by atoms with Crippen molar-refractivity contribution in [3.05, 3.63) is 52.3 Å². The Morgan fingerprint density at radius 1 is 1.10 bits per heavy atom. The molecule has 2 rings (SSSR count). The molecular weight excluding hydrogens is 258 g/mol. The van der Waals surface area contributed by atoms with Crippen molar-refractivity contribution < 1.29 is 0 Å². The molecule has 1 heterocycles. The van der Waals surface area contributed by atoms with Crippen molar-refractivity contribution in [3.63, 3.8) is 0 Å². The minimum atomic E-state index is 0.172. The summed E-state index contributed by atoms with van der Waals surface area (Å²) in [5.74, 6) is 0.574. The smallest absolute Gasteiger partial charge is 0.0662 e. The van der Waals surface area contributed by atoms with Gasteiger partial charge in [-0.3, -0.25) is 4.68 Å². The van der Waals surface area contributed by atoms with Gasteiger partial charge in [0.25, 0.3) is 0 Å². The molecule has 0 radical (unpaired) electrons. The van der Waals surface area contributed by atoms with E-state index in [4.69, 9.17) is 5.73 Å². The van der Waals surface area contributed by atoms with Gasteiger partial charge in [-0.25, -0.2) is 0 Å². The van der Waals surface area contributed by atoms with Crippen molar-refractivity contribution in [2.24, 2.45) is 5.73 Å². The fraction of sp³-hybridized carbons (Fsp3) is 0.500. The van der Waals surface area contributed by atoms with Crippen LogP contribution in [0.25, 0.3) is 0 Å². The van der Waals surface area contributed by atoms with Gasteiger partial charge in [0.1, 0.15) is 0 Å². The number of hydrogen-bond acceptors (Lipinski definition) is 2. The lowest BCUT2D eigenvalue weighted by atomic mass is 10.0. The molecule has 1 aromatic carbocycles. The Balaban J connectivity index is 2.20. The fourth-order valence-corrected chi connectivity index (χ4v) is 2.69. The quantitative estimate of drug-likeness (QED) is 0.913. The molecule has 0 spiro atoms. The van der Waals surface area contributed by atoms with E-state index in [9.17, 15) is 0 Å². The first kappa shape index (κ1) is 15.8. The Morgan fingerprint density at radius 2 is 1.71 bits per heavy atom. The lowest BCUT2D eigenvalue weighted by Gasteiger charge is -2.09. The van der Waals surface area contributed by atoms with Crippen molar-refractivity contribution in [1.82, 2.24) is 9.78 Å². The maximum atomic E-state index is 5.93. The molecule has 0 saturated heterocycles. The normalized spacial score (nSPS) is 12.9. The van der Waals surface area contributed by atoms with E-state index < -0.39 is 0 Å². The number of aryl methyl sites for hydroxylation is 1. The van der Waals surface area contributed by atoms with Crippen LogP contribution in [-0.2, 0) is 13.0 Å². The Bertz CT molecular complexity index is 592. The number of rotatable bonds is 5.